The molecule has 4 aromatic carbocycles. The molecule has 0 bridgehead atoms. The molecular weight excluding hydrogens is 723 g/mol. The number of hydrogen-bond acceptors (Lipinski definition) is 2. The van der Waals surface area contributed by atoms with Gasteiger partial charge in [0.05, 0.1) is 28.4 Å². The predicted molar refractivity (Wildman–Crippen MR) is 187 cm³/mol. The van der Waals surface area contributed by atoms with Gasteiger partial charge in [0.1, 0.15) is 6.33 Å². The van der Waals surface area contributed by atoms with Crippen molar-refractivity contribution in [1.29, 1.82) is 0 Å². The van der Waals surface area contributed by atoms with Gasteiger partial charge in [-0.05, 0) is 82.6 Å². The second-order valence-electron chi connectivity index (χ2n) is 11.9. The number of aromatic nitrogens is 4. The van der Waals surface area contributed by atoms with Crippen molar-refractivity contribution in [1.82, 2.24) is 19.5 Å². The summed E-state index contributed by atoms with van der Waals surface area (Å²) in [5, 5.41) is 0. The topological polar surface area (TPSA) is 46.5 Å². The first-order valence-corrected chi connectivity index (χ1v) is 15.8. The lowest BCUT2D eigenvalue weighted by atomic mass is 9.87. The van der Waals surface area contributed by atoms with Crippen LogP contribution in [0.5, 0.6) is 0 Å². The van der Waals surface area contributed by atoms with Gasteiger partial charge >= 0.3 is 0 Å². The maximum Gasteiger partial charge on any atom is 0.100 e. The number of halogens is 4. The van der Waals surface area contributed by atoms with E-state index in [0.29, 0.717) is 0 Å². The molecule has 0 spiro atoms. The molecule has 0 aliphatic rings. The van der Waals surface area contributed by atoms with E-state index in [1.807, 2.05) is 48.8 Å². The van der Waals surface area contributed by atoms with E-state index in [-0.39, 0.29) is 15.5 Å². The van der Waals surface area contributed by atoms with E-state index >= 15 is 0 Å². The van der Waals surface area contributed by atoms with Gasteiger partial charge < -0.3 is 4.98 Å². The molecule has 0 atom stereocenters. The summed E-state index contributed by atoms with van der Waals surface area (Å²) >= 11 is 10.6. The van der Waals surface area contributed by atoms with Crippen molar-refractivity contribution in [2.24, 2.45) is 0 Å². The zero-order valence-electron chi connectivity index (χ0n) is 24.6. The van der Waals surface area contributed by atoms with Gasteiger partial charge in [0.2, 0.25) is 0 Å². The van der Waals surface area contributed by atoms with E-state index in [4.69, 9.17) is 0 Å². The lowest BCUT2D eigenvalue weighted by Gasteiger charge is -2.20. The first kappa shape index (κ1) is 33.7. The number of benzene rings is 4. The van der Waals surface area contributed by atoms with Crippen LogP contribution >= 0.6 is 47.8 Å². The van der Waals surface area contributed by atoms with E-state index in [1.54, 1.807) is 6.33 Å². The fourth-order valence-corrected chi connectivity index (χ4v) is 5.95. The first-order valence-electron chi connectivity index (χ1n) is 13.4. The number of imidazole rings is 2. The molecule has 0 unspecified atom stereocenters. The van der Waals surface area contributed by atoms with E-state index in [1.165, 1.54) is 11.1 Å². The van der Waals surface area contributed by atoms with Crippen LogP contribution in [0, 0.1) is 0 Å². The third kappa shape index (κ3) is 8.85. The number of aromatic amines is 1. The third-order valence-electron chi connectivity index (χ3n) is 6.54. The minimum absolute atomic E-state index is 0. The fraction of sp³-hybridized carbons (Fsp3) is 0.235. The zero-order valence-corrected chi connectivity index (χ0v) is 29.4. The smallest absolute Gasteiger partial charge is 0.100 e. The molecule has 0 aliphatic heterocycles. The normalized spacial score (nSPS) is 11.3. The monoisotopic (exact) mass is 756 g/mol. The summed E-state index contributed by atoms with van der Waals surface area (Å²) < 4.78 is 5.48. The van der Waals surface area contributed by atoms with Crippen molar-refractivity contribution in [3.05, 3.63) is 122 Å². The van der Waals surface area contributed by atoms with Crippen LogP contribution in [0.3, 0.4) is 0 Å². The van der Waals surface area contributed by atoms with Crippen LogP contribution in [-0.4, -0.2) is 19.5 Å². The summed E-state index contributed by atoms with van der Waals surface area (Å²) in [6.07, 6.45) is 3.59. The van der Waals surface area contributed by atoms with Gasteiger partial charge in [-0.15, -0.1) is 0 Å². The minimum atomic E-state index is 0. The largest absolute Gasteiger partial charge is 0.345 e. The van der Waals surface area contributed by atoms with Gasteiger partial charge in [-0.2, -0.15) is 0 Å². The molecule has 0 saturated carbocycles. The maximum atomic E-state index is 4.46. The van der Waals surface area contributed by atoms with Gasteiger partial charge in [0.25, 0.3) is 0 Å². The number of rotatable bonds is 1. The Morgan fingerprint density at radius 3 is 1.74 bits per heavy atom. The second-order valence-corrected chi connectivity index (χ2v) is 14.6. The average Bonchev–Trinajstić information content (AvgIpc) is 3.55. The Kier molecular flexibility index (Phi) is 11.3. The van der Waals surface area contributed by atoms with Crippen LogP contribution < -0.4 is 0 Å². The molecule has 2 aromatic heterocycles. The third-order valence-corrected chi connectivity index (χ3v) is 7.91. The molecule has 4 nitrogen and oxygen atoms in total. The van der Waals surface area contributed by atoms with Crippen LogP contribution in [0.1, 0.15) is 52.7 Å². The van der Waals surface area contributed by atoms with E-state index in [9.17, 15) is 0 Å². The highest BCUT2D eigenvalue weighted by molar-refractivity contribution is 9.11. The molecule has 0 amide bonds. The standard InChI is InChI=1S/C17H17BrN2.C10H12Br2.C7H6N2.FH/c1-17(2,3)12-8-13(18)10-14(9-12)20-11-19-15-6-4-5-7-16(15)20;1-10(2,3)7-4-8(11)6-9(12)5-7;1-2-4-7-6(3-1)8-5-9-7;/h4-11H,1-3H3;4-6H,1-3H3;1-5H,(H,8,9);1H. The molecule has 2 heterocycles. The molecule has 6 rings (SSSR count). The summed E-state index contributed by atoms with van der Waals surface area (Å²) in [6, 6.07) is 29.0. The highest BCUT2D eigenvalue weighted by Crippen LogP contribution is 2.30. The molecule has 0 aliphatic carbocycles. The Bertz CT molecular complexity index is 1710. The maximum absolute atomic E-state index is 4.46. The van der Waals surface area contributed by atoms with Crippen LogP contribution in [-0.2, 0) is 10.8 Å². The quantitative estimate of drug-likeness (QED) is 0.181. The lowest BCUT2D eigenvalue weighted by Crippen LogP contribution is -2.11. The van der Waals surface area contributed by atoms with Crippen molar-refractivity contribution >= 4 is 69.9 Å². The Labute approximate surface area is 272 Å². The molecule has 0 radical (unpaired) electrons. The summed E-state index contributed by atoms with van der Waals surface area (Å²) in [6.45, 7) is 13.3. The van der Waals surface area contributed by atoms with Crippen molar-refractivity contribution in [3.63, 3.8) is 0 Å². The molecule has 220 valence electrons. The van der Waals surface area contributed by atoms with Gasteiger partial charge in [-0.25, -0.2) is 9.97 Å². The van der Waals surface area contributed by atoms with Gasteiger partial charge in [0, 0.05) is 19.1 Å². The SMILES string of the molecule is CC(C)(C)c1cc(Br)cc(-n2cnc3ccccc32)c1.CC(C)(C)c1cc(Br)cc(Br)c1.F.c1ccc2[nH]cnc2c1. The van der Waals surface area contributed by atoms with Gasteiger partial charge in [0.15, 0.2) is 0 Å². The summed E-state index contributed by atoms with van der Waals surface area (Å²) in [4.78, 5) is 11.5. The molecule has 1 N–H and O–H groups in total. The highest BCUT2D eigenvalue weighted by Gasteiger charge is 2.16. The summed E-state index contributed by atoms with van der Waals surface area (Å²) in [5.41, 5.74) is 8.38. The number of H-pyrrole nitrogens is 1. The number of fused-ring (bicyclic) bond motifs is 2. The average molecular weight is 759 g/mol. The molecule has 6 aromatic rings. The van der Waals surface area contributed by atoms with E-state index in [0.717, 1.165) is 41.2 Å². The zero-order chi connectivity index (χ0) is 29.8. The minimum Gasteiger partial charge on any atom is -0.345 e. The summed E-state index contributed by atoms with van der Waals surface area (Å²) in [5.74, 6) is 0. The van der Waals surface area contributed by atoms with E-state index < -0.39 is 0 Å². The van der Waals surface area contributed by atoms with Crippen molar-refractivity contribution in [3.8, 4) is 5.69 Å². The molecule has 42 heavy (non-hydrogen) atoms. The van der Waals surface area contributed by atoms with Crippen LogP contribution in [0.15, 0.2) is 111 Å². The first-order chi connectivity index (χ1) is 19.3. The lowest BCUT2D eigenvalue weighted by molar-refractivity contribution is 0.589. The molecular formula is C34H36Br3FN4. The summed E-state index contributed by atoms with van der Waals surface area (Å²) in [7, 11) is 0. The Morgan fingerprint density at radius 2 is 1.14 bits per heavy atom. The number of nitrogens with zero attached hydrogens (tertiary/aromatic N) is 3. The molecule has 8 heteroatoms. The van der Waals surface area contributed by atoms with Crippen molar-refractivity contribution in [2.45, 2.75) is 52.4 Å². The van der Waals surface area contributed by atoms with E-state index in [2.05, 4.69) is 151 Å². The number of hydrogen-bond donors (Lipinski definition) is 1. The molecule has 0 fully saturated rings. The van der Waals surface area contributed by atoms with Crippen molar-refractivity contribution in [2.75, 3.05) is 0 Å². The van der Waals surface area contributed by atoms with Gasteiger partial charge in [-0.3, -0.25) is 9.27 Å². The van der Waals surface area contributed by atoms with Crippen molar-refractivity contribution < 1.29 is 4.70 Å². The number of para-hydroxylation sites is 4. The predicted octanol–water partition coefficient (Wildman–Crippen LogP) is 11.3. The van der Waals surface area contributed by atoms with Crippen LogP contribution in [0.4, 0.5) is 4.70 Å². The van der Waals surface area contributed by atoms with Crippen LogP contribution in [0.2, 0.25) is 0 Å². The Morgan fingerprint density at radius 1 is 0.619 bits per heavy atom. The number of nitrogens with one attached hydrogen (secondary N) is 1. The Balaban J connectivity index is 0.000000187. The Hall–Kier alpha value is -2.81. The second kappa shape index (κ2) is 14.1. The van der Waals surface area contributed by atoms with Crippen LogP contribution in [0.25, 0.3) is 27.8 Å². The fourth-order valence-electron chi connectivity index (χ4n) is 4.18. The molecule has 0 saturated heterocycles. The highest BCUT2D eigenvalue weighted by atomic mass is 79.9. The van der Waals surface area contributed by atoms with Gasteiger partial charge in [-0.1, -0.05) is 114 Å².